The van der Waals surface area contributed by atoms with Crippen LogP contribution in [-0.4, -0.2) is 15.9 Å². The highest BCUT2D eigenvalue weighted by Gasteiger charge is 2.03. The Morgan fingerprint density at radius 2 is 1.54 bits per heavy atom. The fourth-order valence-electron chi connectivity index (χ4n) is 2.23. The first-order chi connectivity index (χ1) is 12.5. The van der Waals surface area contributed by atoms with Crippen LogP contribution in [0.4, 0.5) is 28.8 Å². The number of rotatable bonds is 5. The molecule has 8 heteroatoms. The summed E-state index contributed by atoms with van der Waals surface area (Å²) in [4.78, 5) is 19.7. The first-order valence-corrected chi connectivity index (χ1v) is 8.44. The summed E-state index contributed by atoms with van der Waals surface area (Å²) in [5, 5.41) is 10.0. The molecule has 0 aliphatic rings. The molecular formula is C18H15Cl2N5O. The summed E-state index contributed by atoms with van der Waals surface area (Å²) in [6.45, 7) is 1.46. The minimum Gasteiger partial charge on any atom is -0.340 e. The largest absolute Gasteiger partial charge is 0.340 e. The molecule has 0 unspecified atom stereocenters. The van der Waals surface area contributed by atoms with E-state index < -0.39 is 0 Å². The van der Waals surface area contributed by atoms with Crippen molar-refractivity contribution in [1.82, 2.24) is 9.97 Å². The van der Waals surface area contributed by atoms with Gasteiger partial charge in [0.2, 0.25) is 11.9 Å². The Balaban J connectivity index is 1.71. The molecule has 0 spiro atoms. The smallest absolute Gasteiger partial charge is 0.229 e. The zero-order valence-electron chi connectivity index (χ0n) is 13.8. The summed E-state index contributed by atoms with van der Waals surface area (Å²) >= 11 is 12.0. The second-order valence-electron chi connectivity index (χ2n) is 5.43. The third kappa shape index (κ3) is 5.08. The Kier molecular flexibility index (Phi) is 5.55. The molecule has 0 atom stereocenters. The van der Waals surface area contributed by atoms with Crippen molar-refractivity contribution >= 4 is 57.9 Å². The summed E-state index contributed by atoms with van der Waals surface area (Å²) in [6.07, 6.45) is 1.63. The topological polar surface area (TPSA) is 78.9 Å². The summed E-state index contributed by atoms with van der Waals surface area (Å²) in [5.41, 5.74) is 2.24. The number of carbonyl (C=O) groups is 1. The van der Waals surface area contributed by atoms with Gasteiger partial charge in [-0.2, -0.15) is 4.98 Å². The number of amides is 1. The highest BCUT2D eigenvalue weighted by Crippen LogP contribution is 2.25. The van der Waals surface area contributed by atoms with Gasteiger partial charge in [0, 0.05) is 40.2 Å². The van der Waals surface area contributed by atoms with Crippen molar-refractivity contribution in [3.05, 3.63) is 64.8 Å². The van der Waals surface area contributed by atoms with Gasteiger partial charge in [0.25, 0.3) is 0 Å². The van der Waals surface area contributed by atoms with Crippen LogP contribution in [0.15, 0.2) is 54.7 Å². The van der Waals surface area contributed by atoms with Crippen molar-refractivity contribution in [3.8, 4) is 0 Å². The molecule has 0 radical (unpaired) electrons. The number of hydrogen-bond donors (Lipinski definition) is 3. The van der Waals surface area contributed by atoms with Crippen molar-refractivity contribution < 1.29 is 4.79 Å². The van der Waals surface area contributed by atoms with Gasteiger partial charge >= 0.3 is 0 Å². The maximum atomic E-state index is 11.0. The molecule has 0 fully saturated rings. The SMILES string of the molecule is CC(=O)Nc1ccc(Nc2nccc(Nc3cc(Cl)cc(Cl)c3)n2)cc1. The molecule has 6 nitrogen and oxygen atoms in total. The minimum atomic E-state index is -0.117. The summed E-state index contributed by atoms with van der Waals surface area (Å²) in [6, 6.07) is 14.1. The quantitative estimate of drug-likeness (QED) is 0.558. The molecule has 0 bridgehead atoms. The number of anilines is 5. The van der Waals surface area contributed by atoms with Crippen molar-refractivity contribution in [2.75, 3.05) is 16.0 Å². The molecule has 1 heterocycles. The van der Waals surface area contributed by atoms with E-state index in [0.29, 0.717) is 21.8 Å². The average molecular weight is 388 g/mol. The van der Waals surface area contributed by atoms with Gasteiger partial charge in [-0.15, -0.1) is 0 Å². The number of aromatic nitrogens is 2. The molecule has 3 N–H and O–H groups in total. The van der Waals surface area contributed by atoms with Crippen molar-refractivity contribution in [1.29, 1.82) is 0 Å². The third-order valence-corrected chi connectivity index (χ3v) is 3.69. The number of halogens is 2. The van der Waals surface area contributed by atoms with E-state index in [9.17, 15) is 4.79 Å². The van der Waals surface area contributed by atoms with Gasteiger partial charge in [-0.25, -0.2) is 4.98 Å². The second-order valence-corrected chi connectivity index (χ2v) is 6.31. The van der Waals surface area contributed by atoms with E-state index >= 15 is 0 Å². The highest BCUT2D eigenvalue weighted by atomic mass is 35.5. The standard InChI is InChI=1S/C18H15Cl2N5O/c1-11(26)22-14-2-4-15(5-3-14)24-18-21-7-6-17(25-18)23-16-9-12(19)8-13(20)10-16/h2-10H,1H3,(H,22,26)(H2,21,23,24,25). The molecule has 1 amide bonds. The van der Waals surface area contributed by atoms with Crippen LogP contribution in [0.3, 0.4) is 0 Å². The van der Waals surface area contributed by atoms with Crippen LogP contribution in [0.2, 0.25) is 10.0 Å². The fourth-order valence-corrected chi connectivity index (χ4v) is 2.76. The first kappa shape index (κ1) is 18.0. The minimum absolute atomic E-state index is 0.117. The molecule has 0 aliphatic heterocycles. The van der Waals surface area contributed by atoms with Crippen LogP contribution in [0.25, 0.3) is 0 Å². The van der Waals surface area contributed by atoms with Gasteiger partial charge in [-0.1, -0.05) is 23.2 Å². The van der Waals surface area contributed by atoms with E-state index in [1.807, 2.05) is 12.1 Å². The molecule has 0 aliphatic carbocycles. The van der Waals surface area contributed by atoms with Crippen molar-refractivity contribution in [2.24, 2.45) is 0 Å². The molecular weight excluding hydrogens is 373 g/mol. The maximum absolute atomic E-state index is 11.0. The van der Waals surface area contributed by atoms with Crippen LogP contribution in [0.5, 0.6) is 0 Å². The summed E-state index contributed by atoms with van der Waals surface area (Å²) < 4.78 is 0. The molecule has 132 valence electrons. The molecule has 26 heavy (non-hydrogen) atoms. The van der Waals surface area contributed by atoms with Gasteiger partial charge < -0.3 is 16.0 Å². The maximum Gasteiger partial charge on any atom is 0.229 e. The van der Waals surface area contributed by atoms with Gasteiger partial charge in [0.1, 0.15) is 5.82 Å². The van der Waals surface area contributed by atoms with Crippen molar-refractivity contribution in [2.45, 2.75) is 6.92 Å². The van der Waals surface area contributed by atoms with Crippen molar-refractivity contribution in [3.63, 3.8) is 0 Å². The first-order valence-electron chi connectivity index (χ1n) is 7.69. The number of nitrogens with zero attached hydrogens (tertiary/aromatic N) is 2. The second kappa shape index (κ2) is 8.03. The summed E-state index contributed by atoms with van der Waals surface area (Å²) in [5.74, 6) is 0.903. The lowest BCUT2D eigenvalue weighted by Crippen LogP contribution is -2.05. The van der Waals surface area contributed by atoms with E-state index in [1.165, 1.54) is 6.92 Å². The Morgan fingerprint density at radius 1 is 0.885 bits per heavy atom. The average Bonchev–Trinajstić information content (AvgIpc) is 2.55. The van der Waals surface area contributed by atoms with E-state index in [2.05, 4.69) is 25.9 Å². The molecule has 1 aromatic heterocycles. The lowest BCUT2D eigenvalue weighted by atomic mass is 10.3. The molecule has 3 rings (SSSR count). The molecule has 0 saturated heterocycles. The van der Waals surface area contributed by atoms with E-state index in [-0.39, 0.29) is 5.91 Å². The molecule has 0 saturated carbocycles. The van der Waals surface area contributed by atoms with Crippen LogP contribution < -0.4 is 16.0 Å². The van der Waals surface area contributed by atoms with Crippen LogP contribution >= 0.6 is 23.2 Å². The zero-order valence-corrected chi connectivity index (χ0v) is 15.3. The van der Waals surface area contributed by atoms with E-state index in [4.69, 9.17) is 23.2 Å². The molecule has 2 aromatic carbocycles. The van der Waals surface area contributed by atoms with Crippen LogP contribution in [-0.2, 0) is 4.79 Å². The van der Waals surface area contributed by atoms with Gasteiger partial charge in [0.05, 0.1) is 0 Å². The predicted octanol–water partition coefficient (Wildman–Crippen LogP) is 5.23. The van der Waals surface area contributed by atoms with E-state index in [0.717, 1.165) is 17.1 Å². The Morgan fingerprint density at radius 3 is 2.19 bits per heavy atom. The molecule has 3 aromatic rings. The lowest BCUT2D eigenvalue weighted by molar-refractivity contribution is -0.114. The Hall–Kier alpha value is -2.83. The lowest BCUT2D eigenvalue weighted by Gasteiger charge is -2.10. The number of nitrogens with one attached hydrogen (secondary N) is 3. The number of hydrogen-bond acceptors (Lipinski definition) is 5. The number of benzene rings is 2. The summed E-state index contributed by atoms with van der Waals surface area (Å²) in [7, 11) is 0. The zero-order chi connectivity index (χ0) is 18.5. The normalized spacial score (nSPS) is 10.3. The van der Waals surface area contributed by atoms with Gasteiger partial charge in [-0.3, -0.25) is 4.79 Å². The fraction of sp³-hybridized carbons (Fsp3) is 0.0556. The van der Waals surface area contributed by atoms with Gasteiger partial charge in [-0.05, 0) is 48.5 Å². The third-order valence-electron chi connectivity index (χ3n) is 3.25. The number of carbonyl (C=O) groups excluding carboxylic acids is 1. The van der Waals surface area contributed by atoms with Crippen LogP contribution in [0, 0.1) is 0 Å². The predicted molar refractivity (Wildman–Crippen MR) is 106 cm³/mol. The monoisotopic (exact) mass is 387 g/mol. The van der Waals surface area contributed by atoms with Gasteiger partial charge in [0.15, 0.2) is 0 Å². The van der Waals surface area contributed by atoms with E-state index in [1.54, 1.807) is 42.6 Å². The Bertz CT molecular complexity index is 911. The highest BCUT2D eigenvalue weighted by molar-refractivity contribution is 6.35. The van der Waals surface area contributed by atoms with Crippen LogP contribution in [0.1, 0.15) is 6.92 Å². The Labute approximate surface area is 160 Å².